The number of nitrogens with one attached hydrogen (secondary N) is 2. The van der Waals surface area contributed by atoms with Crippen molar-refractivity contribution in [3.63, 3.8) is 0 Å². The molecule has 1 aliphatic heterocycles. The minimum Gasteiger partial charge on any atom is -0.341 e. The van der Waals surface area contributed by atoms with Gasteiger partial charge >= 0.3 is 6.03 Å². The van der Waals surface area contributed by atoms with Gasteiger partial charge in [0.1, 0.15) is 16.3 Å². The Morgan fingerprint density at radius 1 is 1.11 bits per heavy atom. The molecule has 2 N–H and O–H groups in total. The van der Waals surface area contributed by atoms with E-state index in [1.165, 1.54) is 18.8 Å². The predicted molar refractivity (Wildman–Crippen MR) is 110 cm³/mol. The van der Waals surface area contributed by atoms with Crippen molar-refractivity contribution in [3.05, 3.63) is 70.8 Å². The molecule has 0 spiro atoms. The normalized spacial score (nSPS) is 16.4. The van der Waals surface area contributed by atoms with Gasteiger partial charge in [-0.05, 0) is 35.8 Å². The lowest BCUT2D eigenvalue weighted by molar-refractivity contribution is -0.119. The van der Waals surface area contributed by atoms with E-state index < -0.39 is 17.2 Å². The average molecular weight is 395 g/mol. The highest BCUT2D eigenvalue weighted by molar-refractivity contribution is 8.14. The lowest BCUT2D eigenvalue weighted by atomic mass is 10.00. The molecule has 0 aromatic heterocycles. The number of rotatable bonds is 4. The Hall–Kier alpha value is -3.00. The van der Waals surface area contributed by atoms with Crippen molar-refractivity contribution in [3.8, 4) is 0 Å². The maximum absolute atomic E-state index is 12.8. The zero-order chi connectivity index (χ0) is 20.1. The second-order valence-electron chi connectivity index (χ2n) is 6.38. The van der Waals surface area contributed by atoms with Gasteiger partial charge in [-0.3, -0.25) is 10.1 Å². The van der Waals surface area contributed by atoms with Crippen molar-refractivity contribution >= 4 is 28.7 Å². The minimum atomic E-state index is -0.659. The number of imide groups is 1. The third-order valence-electron chi connectivity index (χ3n) is 4.32. The Kier molecular flexibility index (Phi) is 6.20. The van der Waals surface area contributed by atoms with E-state index >= 15 is 0 Å². The number of urea groups is 1. The third-order valence-corrected chi connectivity index (χ3v) is 5.58. The maximum Gasteiger partial charge on any atom is 0.321 e. The van der Waals surface area contributed by atoms with Gasteiger partial charge < -0.3 is 5.32 Å². The Labute approximate surface area is 167 Å². The second-order valence-corrected chi connectivity index (χ2v) is 7.51. The van der Waals surface area contributed by atoms with Gasteiger partial charge in [-0.2, -0.15) is 5.11 Å². The highest BCUT2D eigenvalue weighted by atomic mass is 32.2. The van der Waals surface area contributed by atoms with Crippen molar-refractivity contribution < 1.29 is 9.59 Å². The van der Waals surface area contributed by atoms with Crippen LogP contribution in [0.3, 0.4) is 0 Å². The van der Waals surface area contributed by atoms with E-state index in [4.69, 9.17) is 0 Å². The van der Waals surface area contributed by atoms with Gasteiger partial charge in [0.2, 0.25) is 5.91 Å². The van der Waals surface area contributed by atoms with Crippen molar-refractivity contribution in [1.82, 2.24) is 10.6 Å². The van der Waals surface area contributed by atoms with Crippen LogP contribution in [0.4, 0.5) is 4.79 Å². The fourth-order valence-electron chi connectivity index (χ4n) is 2.82. The molecule has 2 aromatic rings. The van der Waals surface area contributed by atoms with Gasteiger partial charge in [0.05, 0.1) is 0 Å². The van der Waals surface area contributed by atoms with Crippen LogP contribution in [0.1, 0.15) is 33.5 Å². The van der Waals surface area contributed by atoms with E-state index in [1.807, 2.05) is 56.3 Å². The van der Waals surface area contributed by atoms with Crippen LogP contribution in [-0.2, 0) is 4.79 Å². The molecular formula is C20H21N5O2S. The summed E-state index contributed by atoms with van der Waals surface area (Å²) in [6, 6.07) is 14.5. The molecule has 8 heteroatoms. The first kappa shape index (κ1) is 19.8. The van der Waals surface area contributed by atoms with E-state index in [9.17, 15) is 9.59 Å². The number of hydrogen-bond acceptors (Lipinski definition) is 6. The predicted octanol–water partition coefficient (Wildman–Crippen LogP) is 4.05. The van der Waals surface area contributed by atoms with Crippen LogP contribution in [0.2, 0.25) is 0 Å². The van der Waals surface area contributed by atoms with Crippen LogP contribution < -0.4 is 10.6 Å². The molecule has 1 heterocycles. The highest BCUT2D eigenvalue weighted by Gasteiger charge is 2.31. The van der Waals surface area contributed by atoms with E-state index in [0.717, 1.165) is 22.3 Å². The number of hydrogen-bond donors (Lipinski definition) is 2. The van der Waals surface area contributed by atoms with Crippen LogP contribution in [0.5, 0.6) is 0 Å². The van der Waals surface area contributed by atoms with Crippen molar-refractivity contribution in [2.45, 2.75) is 25.1 Å². The standard InChI is InChI=1S/C20H21N5O2S/c1-12-9-10-13(2)15(11-12)16-19(24-25-23-16)28-17(14-7-5-4-6-8-14)18(26)22-20(27)21-3/h4-11,16-17H,1-3H3,(H2,21,22,26,27). The van der Waals surface area contributed by atoms with Crippen LogP contribution >= 0.6 is 11.8 Å². The van der Waals surface area contributed by atoms with Gasteiger partial charge in [-0.1, -0.05) is 65.9 Å². The Morgan fingerprint density at radius 2 is 1.86 bits per heavy atom. The van der Waals surface area contributed by atoms with E-state index in [-0.39, 0.29) is 6.04 Å². The first-order valence-corrected chi connectivity index (χ1v) is 9.66. The van der Waals surface area contributed by atoms with Gasteiger partial charge in [0, 0.05) is 7.05 Å². The lowest BCUT2D eigenvalue weighted by Crippen LogP contribution is -2.39. The van der Waals surface area contributed by atoms with Crippen molar-refractivity contribution in [2.24, 2.45) is 15.4 Å². The first-order valence-electron chi connectivity index (χ1n) is 8.78. The van der Waals surface area contributed by atoms with Gasteiger partial charge in [0.15, 0.2) is 0 Å². The number of benzene rings is 2. The van der Waals surface area contributed by atoms with Gasteiger partial charge in [-0.15, -0.1) is 5.10 Å². The number of aryl methyl sites for hydroxylation is 2. The molecule has 0 aliphatic carbocycles. The SMILES string of the molecule is CNC(=O)NC(=O)C(SC1=NN=NC1c1cc(C)ccc1C)c1ccccc1. The molecular weight excluding hydrogens is 374 g/mol. The van der Waals surface area contributed by atoms with Crippen molar-refractivity contribution in [2.75, 3.05) is 7.05 Å². The number of carbonyl (C=O) groups excluding carboxylic acids is 2. The molecule has 144 valence electrons. The molecule has 2 unspecified atom stereocenters. The first-order chi connectivity index (χ1) is 13.5. The third kappa shape index (κ3) is 4.45. The topological polar surface area (TPSA) is 95.3 Å². The molecule has 3 amide bonds. The Morgan fingerprint density at radius 3 is 2.57 bits per heavy atom. The van der Waals surface area contributed by atoms with Crippen LogP contribution in [-0.4, -0.2) is 24.0 Å². The smallest absolute Gasteiger partial charge is 0.321 e. The summed E-state index contributed by atoms with van der Waals surface area (Å²) < 4.78 is 0. The van der Waals surface area contributed by atoms with Crippen LogP contribution in [0.25, 0.3) is 0 Å². The zero-order valence-corrected chi connectivity index (χ0v) is 16.7. The Bertz CT molecular complexity index is 943. The maximum atomic E-state index is 12.8. The molecule has 1 aliphatic rings. The zero-order valence-electron chi connectivity index (χ0n) is 15.8. The molecule has 7 nitrogen and oxygen atoms in total. The summed E-state index contributed by atoms with van der Waals surface area (Å²) in [7, 11) is 1.46. The van der Waals surface area contributed by atoms with E-state index in [0.29, 0.717) is 5.04 Å². The number of thioether (sulfide) groups is 1. The number of amides is 3. The molecule has 0 bridgehead atoms. The number of nitrogens with zero attached hydrogens (tertiary/aromatic N) is 3. The molecule has 0 radical (unpaired) electrons. The van der Waals surface area contributed by atoms with Gasteiger partial charge in [0.25, 0.3) is 0 Å². The molecule has 28 heavy (non-hydrogen) atoms. The largest absolute Gasteiger partial charge is 0.341 e. The summed E-state index contributed by atoms with van der Waals surface area (Å²) in [5.41, 5.74) is 3.97. The van der Waals surface area contributed by atoms with Crippen LogP contribution in [0.15, 0.2) is 64.0 Å². The molecule has 2 atom stereocenters. The van der Waals surface area contributed by atoms with E-state index in [2.05, 4.69) is 32.1 Å². The lowest BCUT2D eigenvalue weighted by Gasteiger charge is -2.19. The van der Waals surface area contributed by atoms with Crippen LogP contribution in [0, 0.1) is 13.8 Å². The average Bonchev–Trinajstić information content (AvgIpc) is 3.16. The fraction of sp³-hybridized carbons (Fsp3) is 0.250. The Balaban J connectivity index is 1.89. The summed E-state index contributed by atoms with van der Waals surface area (Å²) in [6.07, 6.45) is 0. The minimum absolute atomic E-state index is 0.357. The summed E-state index contributed by atoms with van der Waals surface area (Å²) in [5, 5.41) is 17.0. The van der Waals surface area contributed by atoms with E-state index in [1.54, 1.807) is 0 Å². The van der Waals surface area contributed by atoms with Crippen molar-refractivity contribution in [1.29, 1.82) is 0 Å². The monoisotopic (exact) mass is 395 g/mol. The summed E-state index contributed by atoms with van der Waals surface area (Å²) >= 11 is 1.25. The highest BCUT2D eigenvalue weighted by Crippen LogP contribution is 2.39. The second kappa shape index (κ2) is 8.79. The summed E-state index contributed by atoms with van der Waals surface area (Å²) in [6.45, 7) is 4.03. The quantitative estimate of drug-likeness (QED) is 0.817. The molecule has 2 aromatic carbocycles. The number of carbonyl (C=O) groups is 2. The molecule has 3 rings (SSSR count). The molecule has 0 fully saturated rings. The van der Waals surface area contributed by atoms with Gasteiger partial charge in [-0.25, -0.2) is 4.79 Å². The molecule has 0 saturated carbocycles. The summed E-state index contributed by atoms with van der Waals surface area (Å²) in [4.78, 5) is 24.4. The fourth-order valence-corrected chi connectivity index (χ4v) is 3.91. The summed E-state index contributed by atoms with van der Waals surface area (Å²) in [5.74, 6) is -0.426. The molecule has 0 saturated heterocycles.